The Bertz CT molecular complexity index is 1020. The fraction of sp³-hybridized carbons (Fsp3) is 0.227. The molecule has 0 N–H and O–H groups in total. The molecule has 0 saturated carbocycles. The number of ether oxygens (including phenoxy) is 1. The molecule has 2 aliphatic rings. The van der Waals surface area contributed by atoms with Gasteiger partial charge in [-0.05, 0) is 43.8 Å². The smallest absolute Gasteiger partial charge is 0.271 e. The lowest BCUT2D eigenvalue weighted by Gasteiger charge is -2.36. The molecule has 6 nitrogen and oxygen atoms in total. The normalized spacial score (nSPS) is 19.0. The summed E-state index contributed by atoms with van der Waals surface area (Å²) in [4.78, 5) is 31.4. The molecule has 2 aliphatic heterocycles. The lowest BCUT2D eigenvalue weighted by atomic mass is 10.1. The van der Waals surface area contributed by atoms with Gasteiger partial charge < -0.3 is 9.64 Å². The summed E-state index contributed by atoms with van der Waals surface area (Å²) in [5, 5.41) is 0.217. The quantitative estimate of drug-likeness (QED) is 0.442. The summed E-state index contributed by atoms with van der Waals surface area (Å²) < 4.78 is 5.98. The molecule has 7 heteroatoms. The highest BCUT2D eigenvalue weighted by atomic mass is 32.1. The minimum Gasteiger partial charge on any atom is -0.438 e. The first kappa shape index (κ1) is 19.1. The van der Waals surface area contributed by atoms with Gasteiger partial charge in [-0.2, -0.15) is 0 Å². The molecule has 4 rings (SSSR count). The average molecular weight is 407 g/mol. The van der Waals surface area contributed by atoms with Crippen LogP contribution in [0.2, 0.25) is 0 Å². The van der Waals surface area contributed by atoms with E-state index < -0.39 is 11.8 Å². The van der Waals surface area contributed by atoms with Crippen LogP contribution in [0.1, 0.15) is 19.4 Å². The van der Waals surface area contributed by atoms with Gasteiger partial charge in [0.15, 0.2) is 16.4 Å². The Morgan fingerprint density at radius 2 is 1.45 bits per heavy atom. The molecule has 0 radical (unpaired) electrons. The first-order valence-electron chi connectivity index (χ1n) is 9.57. The Morgan fingerprint density at radius 1 is 0.828 bits per heavy atom. The maximum Gasteiger partial charge on any atom is 0.271 e. The van der Waals surface area contributed by atoms with Gasteiger partial charge in [0, 0.05) is 13.1 Å². The molecular weight excluding hydrogens is 386 g/mol. The molecule has 2 amide bonds. The van der Waals surface area contributed by atoms with E-state index in [0.29, 0.717) is 18.8 Å². The van der Waals surface area contributed by atoms with Crippen molar-refractivity contribution in [2.75, 3.05) is 18.0 Å². The van der Waals surface area contributed by atoms with E-state index in [1.165, 1.54) is 9.80 Å². The van der Waals surface area contributed by atoms with E-state index in [-0.39, 0.29) is 23.1 Å². The second-order valence-corrected chi connectivity index (χ2v) is 7.07. The molecular formula is C22H21N3O3S. The third-order valence-electron chi connectivity index (χ3n) is 5.02. The number of carbonyl (C=O) groups excluding carboxylic acids is 2. The van der Waals surface area contributed by atoms with E-state index in [0.717, 1.165) is 11.3 Å². The van der Waals surface area contributed by atoms with Crippen molar-refractivity contribution in [2.45, 2.75) is 20.4 Å². The molecule has 148 valence electrons. The van der Waals surface area contributed by atoms with Crippen LogP contribution in [0.15, 0.2) is 66.1 Å². The van der Waals surface area contributed by atoms with Gasteiger partial charge in [-0.3, -0.25) is 19.4 Å². The predicted octanol–water partition coefficient (Wildman–Crippen LogP) is 3.29. The van der Waals surface area contributed by atoms with Gasteiger partial charge in [0.2, 0.25) is 5.88 Å². The zero-order valence-electron chi connectivity index (χ0n) is 16.3. The fourth-order valence-electron chi connectivity index (χ4n) is 3.58. The van der Waals surface area contributed by atoms with Crippen LogP contribution in [-0.2, 0) is 16.1 Å². The monoisotopic (exact) mass is 407 g/mol. The predicted molar refractivity (Wildman–Crippen MR) is 114 cm³/mol. The standard InChI is InChI=1S/C22H21N3O3S/c1-3-23-16-12-8-9-13-17(16)28-21(23)18-19(26)24(4-2)22(29)25(20(18)27)14-15-10-6-5-7-11-15/h5-13H,3-4,14H2,1-2H3/b21-18-. The molecule has 0 bridgehead atoms. The molecule has 2 heterocycles. The van der Waals surface area contributed by atoms with E-state index in [9.17, 15) is 9.59 Å². The molecule has 29 heavy (non-hydrogen) atoms. The van der Waals surface area contributed by atoms with Crippen molar-refractivity contribution in [3.63, 3.8) is 0 Å². The number of thiocarbonyl (C=S) groups is 1. The van der Waals surface area contributed by atoms with Gasteiger partial charge in [0.1, 0.15) is 0 Å². The van der Waals surface area contributed by atoms with Crippen molar-refractivity contribution in [2.24, 2.45) is 0 Å². The van der Waals surface area contributed by atoms with Crippen molar-refractivity contribution in [3.05, 3.63) is 71.6 Å². The van der Waals surface area contributed by atoms with Gasteiger partial charge in [0.25, 0.3) is 11.8 Å². The number of carbonyl (C=O) groups is 2. The number of para-hydroxylation sites is 2. The number of benzene rings is 2. The van der Waals surface area contributed by atoms with Crippen LogP contribution in [0.4, 0.5) is 5.69 Å². The van der Waals surface area contributed by atoms with E-state index in [1.807, 2.05) is 73.3 Å². The highest BCUT2D eigenvalue weighted by Gasteiger charge is 2.44. The summed E-state index contributed by atoms with van der Waals surface area (Å²) >= 11 is 5.49. The Hall–Kier alpha value is -3.19. The lowest BCUT2D eigenvalue weighted by Crippen LogP contribution is -2.56. The fourth-order valence-corrected chi connectivity index (χ4v) is 3.94. The second-order valence-electron chi connectivity index (χ2n) is 6.70. The van der Waals surface area contributed by atoms with E-state index in [4.69, 9.17) is 17.0 Å². The molecule has 0 atom stereocenters. The van der Waals surface area contributed by atoms with Crippen LogP contribution in [0, 0.1) is 0 Å². The molecule has 1 fully saturated rings. The Kier molecular flexibility index (Phi) is 5.07. The largest absolute Gasteiger partial charge is 0.438 e. The summed E-state index contributed by atoms with van der Waals surface area (Å²) in [6.07, 6.45) is 0. The summed E-state index contributed by atoms with van der Waals surface area (Å²) in [7, 11) is 0. The number of hydrogen-bond donors (Lipinski definition) is 0. The molecule has 2 aromatic carbocycles. The van der Waals surface area contributed by atoms with Crippen LogP contribution in [0.3, 0.4) is 0 Å². The maximum atomic E-state index is 13.4. The van der Waals surface area contributed by atoms with E-state index in [1.54, 1.807) is 0 Å². The molecule has 0 aromatic heterocycles. The minimum absolute atomic E-state index is 0.00873. The van der Waals surface area contributed by atoms with E-state index in [2.05, 4.69) is 0 Å². The molecule has 2 aromatic rings. The van der Waals surface area contributed by atoms with Gasteiger partial charge in [0.05, 0.1) is 12.2 Å². The molecule has 1 saturated heterocycles. The highest BCUT2D eigenvalue weighted by molar-refractivity contribution is 7.80. The number of nitrogens with zero attached hydrogens (tertiary/aromatic N) is 3. The number of anilines is 1. The second kappa shape index (κ2) is 7.67. The van der Waals surface area contributed by atoms with Crippen LogP contribution in [-0.4, -0.2) is 39.8 Å². The number of fused-ring (bicyclic) bond motifs is 1. The third-order valence-corrected chi connectivity index (χ3v) is 5.46. The third kappa shape index (κ3) is 3.17. The van der Waals surface area contributed by atoms with Crippen LogP contribution < -0.4 is 9.64 Å². The topological polar surface area (TPSA) is 53.1 Å². The summed E-state index contributed by atoms with van der Waals surface area (Å²) in [6.45, 7) is 5.01. The first-order chi connectivity index (χ1) is 14.1. The summed E-state index contributed by atoms with van der Waals surface area (Å²) in [5.74, 6) is 0.0360. The Balaban J connectivity index is 1.80. The van der Waals surface area contributed by atoms with Gasteiger partial charge in [-0.1, -0.05) is 42.5 Å². The molecule has 0 aliphatic carbocycles. The maximum absolute atomic E-state index is 13.4. The van der Waals surface area contributed by atoms with Crippen molar-refractivity contribution in [1.29, 1.82) is 0 Å². The zero-order valence-corrected chi connectivity index (χ0v) is 17.1. The highest BCUT2D eigenvalue weighted by Crippen LogP contribution is 2.40. The van der Waals surface area contributed by atoms with Crippen molar-refractivity contribution >= 4 is 34.8 Å². The molecule has 0 unspecified atom stereocenters. The lowest BCUT2D eigenvalue weighted by molar-refractivity contribution is -0.134. The number of amides is 2. The molecule has 0 spiro atoms. The summed E-state index contributed by atoms with van der Waals surface area (Å²) in [6, 6.07) is 17.1. The zero-order chi connectivity index (χ0) is 20.5. The Labute approximate surface area is 175 Å². The Morgan fingerprint density at radius 3 is 2.14 bits per heavy atom. The van der Waals surface area contributed by atoms with E-state index >= 15 is 0 Å². The minimum atomic E-state index is -0.435. The van der Waals surface area contributed by atoms with Crippen molar-refractivity contribution in [3.8, 4) is 5.75 Å². The van der Waals surface area contributed by atoms with Crippen LogP contribution in [0.25, 0.3) is 0 Å². The van der Waals surface area contributed by atoms with Crippen LogP contribution >= 0.6 is 12.2 Å². The first-order valence-corrected chi connectivity index (χ1v) is 9.97. The van der Waals surface area contributed by atoms with Gasteiger partial charge >= 0.3 is 0 Å². The number of likely N-dealkylation sites (N-methyl/N-ethyl adjacent to an activating group) is 1. The van der Waals surface area contributed by atoms with Crippen molar-refractivity contribution in [1.82, 2.24) is 9.80 Å². The summed E-state index contributed by atoms with van der Waals surface area (Å²) in [5.41, 5.74) is 1.78. The van der Waals surface area contributed by atoms with Gasteiger partial charge in [-0.15, -0.1) is 0 Å². The SMILES string of the molecule is CCN1C(=O)/C(=C2/Oc3ccccc3N2CC)C(=O)N(Cc2ccccc2)C1=S. The van der Waals surface area contributed by atoms with Crippen molar-refractivity contribution < 1.29 is 14.3 Å². The van der Waals surface area contributed by atoms with Crippen LogP contribution in [0.5, 0.6) is 5.75 Å². The number of rotatable bonds is 4. The van der Waals surface area contributed by atoms with Gasteiger partial charge in [-0.25, -0.2) is 0 Å². The average Bonchev–Trinajstić information content (AvgIpc) is 3.10. The number of hydrogen-bond acceptors (Lipinski definition) is 5.